The summed E-state index contributed by atoms with van der Waals surface area (Å²) in [5.41, 5.74) is 6.90. The van der Waals surface area contributed by atoms with E-state index in [1.54, 1.807) is 12.3 Å². The van der Waals surface area contributed by atoms with Gasteiger partial charge in [-0.3, -0.25) is 0 Å². The maximum Gasteiger partial charge on any atom is 0.123 e. The molecular weight excluding hydrogens is 138 g/mol. The monoisotopic (exact) mass is 151 g/mol. The first kappa shape index (κ1) is 8.08. The van der Waals surface area contributed by atoms with E-state index in [9.17, 15) is 0 Å². The molecule has 2 N–H and O–H groups in total. The first-order valence-corrected chi connectivity index (χ1v) is 3.66. The minimum atomic E-state index is -0.0394. The van der Waals surface area contributed by atoms with Crippen molar-refractivity contribution in [2.24, 2.45) is 5.73 Å². The second-order valence-electron chi connectivity index (χ2n) is 2.60. The predicted molar refractivity (Wildman–Crippen MR) is 45.2 cm³/mol. The second kappa shape index (κ2) is 3.39. The van der Waals surface area contributed by atoms with Crippen molar-refractivity contribution >= 4 is 0 Å². The Labute approximate surface area is 66.7 Å². The van der Waals surface area contributed by atoms with Crippen LogP contribution in [0.4, 0.5) is 0 Å². The van der Waals surface area contributed by atoms with Gasteiger partial charge in [0.05, 0.1) is 12.3 Å². The number of hydrogen-bond acceptors (Lipinski definition) is 2. The van der Waals surface area contributed by atoms with Crippen LogP contribution in [0.15, 0.2) is 29.4 Å². The third-order valence-electron chi connectivity index (χ3n) is 1.66. The molecule has 1 heterocycles. The number of hydrogen-bond donors (Lipinski definition) is 1. The van der Waals surface area contributed by atoms with Gasteiger partial charge in [-0.25, -0.2) is 0 Å². The molecule has 0 saturated heterocycles. The summed E-state index contributed by atoms with van der Waals surface area (Å²) in [5, 5.41) is 0. The largest absolute Gasteiger partial charge is 0.467 e. The van der Waals surface area contributed by atoms with E-state index in [4.69, 9.17) is 10.2 Å². The zero-order chi connectivity index (χ0) is 8.27. The second-order valence-corrected chi connectivity index (χ2v) is 2.60. The third-order valence-corrected chi connectivity index (χ3v) is 1.66. The van der Waals surface area contributed by atoms with E-state index in [1.165, 1.54) is 0 Å². The summed E-state index contributed by atoms with van der Waals surface area (Å²) in [6.45, 7) is 5.61. The van der Waals surface area contributed by atoms with Gasteiger partial charge in [0.2, 0.25) is 0 Å². The molecule has 1 rings (SSSR count). The van der Waals surface area contributed by atoms with Crippen molar-refractivity contribution in [1.29, 1.82) is 0 Å². The molecule has 1 unspecified atom stereocenters. The van der Waals surface area contributed by atoms with Crippen LogP contribution in [0.3, 0.4) is 0 Å². The molecule has 0 amide bonds. The van der Waals surface area contributed by atoms with Gasteiger partial charge in [0.25, 0.3) is 0 Å². The van der Waals surface area contributed by atoms with Gasteiger partial charge in [0.15, 0.2) is 0 Å². The molecule has 0 spiro atoms. The minimum absolute atomic E-state index is 0.0394. The molecular formula is C9H13NO. The minimum Gasteiger partial charge on any atom is -0.467 e. The Morgan fingerprint density at radius 1 is 1.82 bits per heavy atom. The van der Waals surface area contributed by atoms with Crippen LogP contribution in [0.5, 0.6) is 0 Å². The lowest BCUT2D eigenvalue weighted by Gasteiger charge is -2.05. The number of aryl methyl sites for hydroxylation is 1. The van der Waals surface area contributed by atoms with Crippen LogP contribution in [0.2, 0.25) is 0 Å². The van der Waals surface area contributed by atoms with E-state index in [2.05, 4.69) is 6.58 Å². The van der Waals surface area contributed by atoms with Crippen LogP contribution in [0.25, 0.3) is 0 Å². The van der Waals surface area contributed by atoms with Gasteiger partial charge >= 0.3 is 0 Å². The van der Waals surface area contributed by atoms with E-state index < -0.39 is 0 Å². The summed E-state index contributed by atoms with van der Waals surface area (Å²) in [4.78, 5) is 0. The maximum atomic E-state index is 5.79. The number of furan rings is 1. The highest BCUT2D eigenvalue weighted by Crippen LogP contribution is 2.18. The lowest BCUT2D eigenvalue weighted by Crippen LogP contribution is -2.08. The van der Waals surface area contributed by atoms with Gasteiger partial charge in [-0.15, -0.1) is 6.58 Å². The highest BCUT2D eigenvalue weighted by molar-refractivity contribution is 5.18. The van der Waals surface area contributed by atoms with Crippen LogP contribution in [-0.4, -0.2) is 0 Å². The topological polar surface area (TPSA) is 39.2 Å². The normalized spacial score (nSPS) is 12.9. The Bertz CT molecular complexity index is 239. The van der Waals surface area contributed by atoms with Gasteiger partial charge in [0.1, 0.15) is 5.76 Å². The average molecular weight is 151 g/mol. The van der Waals surface area contributed by atoms with Crippen LogP contribution >= 0.6 is 0 Å². The predicted octanol–water partition coefficient (Wildman–Crippen LogP) is 2.16. The van der Waals surface area contributed by atoms with E-state index in [1.807, 2.05) is 13.0 Å². The Kier molecular flexibility index (Phi) is 2.49. The molecule has 0 radical (unpaired) electrons. The molecule has 1 aromatic heterocycles. The van der Waals surface area contributed by atoms with Crippen molar-refractivity contribution in [1.82, 2.24) is 0 Å². The zero-order valence-electron chi connectivity index (χ0n) is 6.71. The zero-order valence-corrected chi connectivity index (χ0v) is 6.71. The Morgan fingerprint density at radius 2 is 2.55 bits per heavy atom. The van der Waals surface area contributed by atoms with Gasteiger partial charge in [0, 0.05) is 0 Å². The van der Waals surface area contributed by atoms with Crippen molar-refractivity contribution in [3.05, 3.63) is 36.3 Å². The highest BCUT2D eigenvalue weighted by Gasteiger charge is 2.09. The maximum absolute atomic E-state index is 5.79. The van der Waals surface area contributed by atoms with Crippen LogP contribution in [0, 0.1) is 6.92 Å². The molecule has 0 aliphatic carbocycles. The Hall–Kier alpha value is -1.02. The molecule has 2 nitrogen and oxygen atoms in total. The van der Waals surface area contributed by atoms with Gasteiger partial charge < -0.3 is 10.2 Å². The summed E-state index contributed by atoms with van der Waals surface area (Å²) in [6.07, 6.45) is 4.22. The molecule has 2 heteroatoms. The van der Waals surface area contributed by atoms with E-state index in [0.717, 1.165) is 17.7 Å². The molecule has 0 fully saturated rings. The fraction of sp³-hybridized carbons (Fsp3) is 0.333. The molecule has 0 bridgehead atoms. The summed E-state index contributed by atoms with van der Waals surface area (Å²) in [5.74, 6) is 0.866. The van der Waals surface area contributed by atoms with Crippen LogP contribution in [-0.2, 0) is 0 Å². The molecule has 0 aromatic carbocycles. The van der Waals surface area contributed by atoms with Crippen molar-refractivity contribution in [2.75, 3.05) is 0 Å². The summed E-state index contributed by atoms with van der Waals surface area (Å²) in [7, 11) is 0. The lowest BCUT2D eigenvalue weighted by atomic mass is 10.1. The molecule has 0 saturated carbocycles. The number of nitrogens with two attached hydrogens (primary N) is 1. The standard InChI is InChI=1S/C9H13NO/c1-3-4-8(10)9-7(2)5-6-11-9/h3,5-6,8H,1,4,10H2,2H3. The molecule has 0 aliphatic rings. The molecule has 0 aliphatic heterocycles. The number of rotatable bonds is 3. The fourth-order valence-corrected chi connectivity index (χ4v) is 1.05. The third kappa shape index (κ3) is 1.71. The summed E-state index contributed by atoms with van der Waals surface area (Å²) < 4.78 is 5.21. The van der Waals surface area contributed by atoms with Crippen molar-refractivity contribution < 1.29 is 4.42 Å². The lowest BCUT2D eigenvalue weighted by molar-refractivity contribution is 0.464. The SMILES string of the molecule is C=CCC(N)c1occc1C. The highest BCUT2D eigenvalue weighted by atomic mass is 16.3. The average Bonchev–Trinajstić information content (AvgIpc) is 2.36. The molecule has 1 atom stereocenters. The molecule has 60 valence electrons. The molecule has 1 aromatic rings. The fourth-order valence-electron chi connectivity index (χ4n) is 1.05. The van der Waals surface area contributed by atoms with E-state index in [0.29, 0.717) is 0 Å². The van der Waals surface area contributed by atoms with Crippen LogP contribution in [0.1, 0.15) is 23.8 Å². The van der Waals surface area contributed by atoms with Gasteiger partial charge in [-0.1, -0.05) is 6.08 Å². The van der Waals surface area contributed by atoms with Crippen LogP contribution < -0.4 is 5.73 Å². The van der Waals surface area contributed by atoms with Gasteiger partial charge in [-0.2, -0.15) is 0 Å². The van der Waals surface area contributed by atoms with Crippen molar-refractivity contribution in [2.45, 2.75) is 19.4 Å². The van der Waals surface area contributed by atoms with Gasteiger partial charge in [-0.05, 0) is 25.0 Å². The smallest absolute Gasteiger partial charge is 0.123 e. The molecule has 11 heavy (non-hydrogen) atoms. The Balaban J connectivity index is 2.74. The first-order chi connectivity index (χ1) is 5.25. The van der Waals surface area contributed by atoms with E-state index in [-0.39, 0.29) is 6.04 Å². The first-order valence-electron chi connectivity index (χ1n) is 3.66. The summed E-state index contributed by atoms with van der Waals surface area (Å²) >= 11 is 0. The van der Waals surface area contributed by atoms with Crippen molar-refractivity contribution in [3.8, 4) is 0 Å². The van der Waals surface area contributed by atoms with E-state index >= 15 is 0 Å². The van der Waals surface area contributed by atoms with Crippen molar-refractivity contribution in [3.63, 3.8) is 0 Å². The summed E-state index contributed by atoms with van der Waals surface area (Å²) in [6, 6.07) is 1.88. The Morgan fingerprint density at radius 3 is 3.00 bits per heavy atom. The quantitative estimate of drug-likeness (QED) is 0.672.